The van der Waals surface area contributed by atoms with Crippen molar-refractivity contribution in [3.8, 4) is 0 Å². The molecule has 0 aromatic carbocycles. The SMILES string of the molecule is [Ag+].[CH-]1CCCCC1. The number of hydrogen-bond donors (Lipinski definition) is 0. The van der Waals surface area contributed by atoms with E-state index in [4.69, 9.17) is 0 Å². The molecule has 46 valence electrons. The van der Waals surface area contributed by atoms with Crippen molar-refractivity contribution in [1.29, 1.82) is 0 Å². The minimum absolute atomic E-state index is 0. The van der Waals surface area contributed by atoms with Gasteiger partial charge in [-0.25, -0.2) is 0 Å². The molecular weight excluding hydrogens is 180 g/mol. The van der Waals surface area contributed by atoms with Crippen molar-refractivity contribution in [2.45, 2.75) is 32.1 Å². The van der Waals surface area contributed by atoms with E-state index in [0.717, 1.165) is 0 Å². The zero-order valence-electron chi connectivity index (χ0n) is 4.41. The zero-order valence-corrected chi connectivity index (χ0v) is 5.90. The Labute approximate surface area is 61.2 Å². The minimum atomic E-state index is 0. The van der Waals surface area contributed by atoms with E-state index >= 15 is 0 Å². The van der Waals surface area contributed by atoms with E-state index in [1.54, 1.807) is 0 Å². The third kappa shape index (κ3) is 3.33. The van der Waals surface area contributed by atoms with Crippen LogP contribution in [0, 0.1) is 6.42 Å². The normalized spacial score (nSPS) is 20.6. The second kappa shape index (κ2) is 4.89. The molecule has 1 rings (SSSR count). The maximum Gasteiger partial charge on any atom is 1.00 e. The third-order valence-electron chi connectivity index (χ3n) is 1.32. The fourth-order valence-corrected chi connectivity index (χ4v) is 0.898. The Hall–Kier alpha value is 0.740. The first-order valence-electron chi connectivity index (χ1n) is 2.82. The smallest absolute Gasteiger partial charge is 0.328 e. The van der Waals surface area contributed by atoms with Gasteiger partial charge >= 0.3 is 22.4 Å². The summed E-state index contributed by atoms with van der Waals surface area (Å²) < 4.78 is 0. The van der Waals surface area contributed by atoms with Crippen LogP contribution in [-0.2, 0) is 22.4 Å². The summed E-state index contributed by atoms with van der Waals surface area (Å²) in [5, 5.41) is 0. The summed E-state index contributed by atoms with van der Waals surface area (Å²) in [6, 6.07) is 0. The molecule has 0 nitrogen and oxygen atoms in total. The van der Waals surface area contributed by atoms with Crippen LogP contribution in [0.15, 0.2) is 0 Å². The molecule has 0 radical (unpaired) electrons. The molecule has 0 aliphatic heterocycles. The van der Waals surface area contributed by atoms with Crippen LogP contribution in [0.1, 0.15) is 32.1 Å². The number of rotatable bonds is 0. The zero-order chi connectivity index (χ0) is 4.24. The molecule has 0 aromatic heterocycles. The summed E-state index contributed by atoms with van der Waals surface area (Å²) in [4.78, 5) is 0. The van der Waals surface area contributed by atoms with Gasteiger partial charge in [-0.2, -0.15) is 12.8 Å². The van der Waals surface area contributed by atoms with Crippen LogP contribution in [0.5, 0.6) is 0 Å². The Morgan fingerprint density at radius 3 is 1.57 bits per heavy atom. The molecule has 1 heteroatoms. The predicted octanol–water partition coefficient (Wildman–Crippen LogP) is 2.15. The van der Waals surface area contributed by atoms with Gasteiger partial charge in [0.05, 0.1) is 0 Å². The monoisotopic (exact) mass is 190 g/mol. The van der Waals surface area contributed by atoms with Crippen molar-refractivity contribution < 1.29 is 22.4 Å². The standard InChI is InChI=1S/C6H11.Ag/c1-2-4-6-5-3-1;/h1H,2-6H2;/q-1;+1. The molecule has 7 heavy (non-hydrogen) atoms. The van der Waals surface area contributed by atoms with Crippen LogP contribution in [-0.4, -0.2) is 0 Å². The van der Waals surface area contributed by atoms with E-state index in [1.807, 2.05) is 0 Å². The molecule has 0 unspecified atom stereocenters. The summed E-state index contributed by atoms with van der Waals surface area (Å²) in [7, 11) is 0. The number of hydrogen-bond acceptors (Lipinski definition) is 0. The van der Waals surface area contributed by atoms with Gasteiger partial charge < -0.3 is 6.42 Å². The van der Waals surface area contributed by atoms with Crippen molar-refractivity contribution in [2.24, 2.45) is 0 Å². The van der Waals surface area contributed by atoms with Gasteiger partial charge in [-0.15, -0.1) is 0 Å². The van der Waals surface area contributed by atoms with Gasteiger partial charge in [-0.3, -0.25) is 0 Å². The molecule has 0 heterocycles. The molecule has 0 bridgehead atoms. The Morgan fingerprint density at radius 1 is 0.857 bits per heavy atom. The van der Waals surface area contributed by atoms with Crippen LogP contribution < -0.4 is 0 Å². The van der Waals surface area contributed by atoms with Gasteiger partial charge in [0.1, 0.15) is 0 Å². The van der Waals surface area contributed by atoms with Gasteiger partial charge in [-0.1, -0.05) is 19.3 Å². The Balaban J connectivity index is 0.000000360. The molecule has 1 aliphatic rings. The fraction of sp³-hybridized carbons (Fsp3) is 0.833. The second-order valence-corrected chi connectivity index (χ2v) is 1.93. The second-order valence-electron chi connectivity index (χ2n) is 1.93. The minimum Gasteiger partial charge on any atom is -0.328 e. The maximum absolute atomic E-state index is 2.39. The molecule has 0 spiro atoms. The Morgan fingerprint density at radius 2 is 1.43 bits per heavy atom. The van der Waals surface area contributed by atoms with E-state index < -0.39 is 0 Å². The predicted molar refractivity (Wildman–Crippen MR) is 27.4 cm³/mol. The van der Waals surface area contributed by atoms with Crippen LogP contribution in [0.3, 0.4) is 0 Å². The van der Waals surface area contributed by atoms with E-state index in [1.165, 1.54) is 32.1 Å². The topological polar surface area (TPSA) is 0 Å². The molecule has 0 saturated heterocycles. The van der Waals surface area contributed by atoms with Crippen molar-refractivity contribution >= 4 is 0 Å². The molecule has 1 fully saturated rings. The van der Waals surface area contributed by atoms with Crippen molar-refractivity contribution in [2.75, 3.05) is 0 Å². The summed E-state index contributed by atoms with van der Waals surface area (Å²) in [5.41, 5.74) is 0. The first-order valence-corrected chi connectivity index (χ1v) is 2.82. The van der Waals surface area contributed by atoms with E-state index in [-0.39, 0.29) is 22.4 Å². The van der Waals surface area contributed by atoms with Crippen molar-refractivity contribution in [3.63, 3.8) is 0 Å². The van der Waals surface area contributed by atoms with E-state index in [9.17, 15) is 0 Å². The maximum atomic E-state index is 2.39. The van der Waals surface area contributed by atoms with Gasteiger partial charge in [0.25, 0.3) is 0 Å². The molecule has 1 aliphatic carbocycles. The first-order chi connectivity index (χ1) is 3.00. The fourth-order valence-electron chi connectivity index (χ4n) is 0.898. The molecule has 1 saturated carbocycles. The molecule has 0 aromatic rings. The summed E-state index contributed by atoms with van der Waals surface area (Å²) in [5.74, 6) is 0. The average Bonchev–Trinajstić information content (AvgIpc) is 1.72. The molecule has 0 atom stereocenters. The van der Waals surface area contributed by atoms with Gasteiger partial charge in [0.2, 0.25) is 0 Å². The van der Waals surface area contributed by atoms with Crippen molar-refractivity contribution in [1.82, 2.24) is 0 Å². The Bertz CT molecular complexity index is 19.7. The van der Waals surface area contributed by atoms with Crippen LogP contribution in [0.2, 0.25) is 0 Å². The van der Waals surface area contributed by atoms with Gasteiger partial charge in [0, 0.05) is 0 Å². The van der Waals surface area contributed by atoms with Gasteiger partial charge in [0.15, 0.2) is 0 Å². The summed E-state index contributed by atoms with van der Waals surface area (Å²) in [6.07, 6.45) is 9.50. The molecule has 0 amide bonds. The van der Waals surface area contributed by atoms with E-state index in [2.05, 4.69) is 6.42 Å². The average molecular weight is 191 g/mol. The summed E-state index contributed by atoms with van der Waals surface area (Å²) in [6.45, 7) is 0. The quantitative estimate of drug-likeness (QED) is 0.406. The van der Waals surface area contributed by atoms with Crippen LogP contribution in [0.4, 0.5) is 0 Å². The van der Waals surface area contributed by atoms with Crippen LogP contribution in [0.25, 0.3) is 0 Å². The first kappa shape index (κ1) is 7.74. The van der Waals surface area contributed by atoms with Gasteiger partial charge in [-0.05, 0) is 0 Å². The largest absolute Gasteiger partial charge is 1.00 e. The third-order valence-corrected chi connectivity index (χ3v) is 1.32. The summed E-state index contributed by atoms with van der Waals surface area (Å²) >= 11 is 0. The van der Waals surface area contributed by atoms with Crippen LogP contribution >= 0.6 is 0 Å². The van der Waals surface area contributed by atoms with E-state index in [0.29, 0.717) is 0 Å². The molecule has 0 N–H and O–H groups in total. The Kier molecular flexibility index (Phi) is 5.41. The molecular formula is C6H11Ag. The van der Waals surface area contributed by atoms with Crippen molar-refractivity contribution in [3.05, 3.63) is 6.42 Å².